The van der Waals surface area contributed by atoms with Gasteiger partial charge in [0.05, 0.1) is 18.6 Å². The van der Waals surface area contributed by atoms with E-state index < -0.39 is 0 Å². The number of hydrogen-bond acceptors (Lipinski definition) is 9. The van der Waals surface area contributed by atoms with E-state index in [1.165, 1.54) is 6.08 Å². The highest BCUT2D eigenvalue weighted by molar-refractivity contribution is 5.89. The lowest BCUT2D eigenvalue weighted by atomic mass is 9.88. The van der Waals surface area contributed by atoms with E-state index in [-0.39, 0.29) is 42.4 Å². The molecule has 3 heterocycles. The summed E-state index contributed by atoms with van der Waals surface area (Å²) < 4.78 is 20.7. The number of anilines is 2. The van der Waals surface area contributed by atoms with Crippen molar-refractivity contribution in [3.63, 3.8) is 0 Å². The second kappa shape index (κ2) is 17.3. The zero-order valence-electron chi connectivity index (χ0n) is 24.9. The number of carbonyl (C=O) groups is 2. The first-order valence-electron chi connectivity index (χ1n) is 14.7. The Morgan fingerprint density at radius 3 is 2.79 bits per heavy atom. The Bertz CT molecular complexity index is 1280. The molecule has 0 aromatic carbocycles. The van der Waals surface area contributed by atoms with Crippen LogP contribution in [0.15, 0.2) is 55.1 Å². The Morgan fingerprint density at radius 2 is 2.10 bits per heavy atom. The number of fused-ring (bicyclic) bond motifs is 1. The lowest BCUT2D eigenvalue weighted by Gasteiger charge is -2.28. The molecule has 0 aliphatic carbocycles. The maximum absolute atomic E-state index is 13.7. The molecule has 1 saturated heterocycles. The van der Waals surface area contributed by atoms with Crippen LogP contribution in [0.5, 0.6) is 0 Å². The van der Waals surface area contributed by atoms with E-state index in [4.69, 9.17) is 4.74 Å². The quantitative estimate of drug-likeness (QED) is 0.128. The first kappa shape index (κ1) is 32.8. The van der Waals surface area contributed by atoms with Crippen molar-refractivity contribution in [1.82, 2.24) is 24.9 Å². The second-order valence-corrected chi connectivity index (χ2v) is 10.6. The van der Waals surface area contributed by atoms with Crippen LogP contribution >= 0.6 is 0 Å². The minimum absolute atomic E-state index is 0.0380. The predicted molar refractivity (Wildman–Crippen MR) is 164 cm³/mol. The SMILES string of the molecule is C=CC(=O)C[C@H]1CC[C@@H](C(=O)C/C=C/C=C\C(=C\F)CNc2nc(NCCCOCC)nc3c(C(C)C)cnn23)NC1. The molecule has 0 unspecified atom stereocenters. The maximum Gasteiger partial charge on any atom is 0.229 e. The summed E-state index contributed by atoms with van der Waals surface area (Å²) in [5.74, 6) is 1.52. The fourth-order valence-corrected chi connectivity index (χ4v) is 4.65. The van der Waals surface area contributed by atoms with E-state index >= 15 is 0 Å². The summed E-state index contributed by atoms with van der Waals surface area (Å²) in [6.45, 7) is 12.4. The number of piperidine rings is 1. The van der Waals surface area contributed by atoms with Gasteiger partial charge < -0.3 is 20.7 Å². The number of aromatic nitrogens is 4. The number of ether oxygens (including phenoxy) is 1. The highest BCUT2D eigenvalue weighted by atomic mass is 19.1. The van der Waals surface area contributed by atoms with Gasteiger partial charge in [-0.3, -0.25) is 9.59 Å². The lowest BCUT2D eigenvalue weighted by Crippen LogP contribution is -2.44. The minimum Gasteiger partial charge on any atom is -0.382 e. The normalized spacial score (nSPS) is 17.9. The second-order valence-electron chi connectivity index (χ2n) is 10.6. The standard InChI is InChI=1S/C31H44FN7O3/c1-5-25(40)17-23-13-14-27(34-19-23)28(41)12-9-7-8-11-24(18-32)20-35-31-38-30(33-15-10-16-42-6-2)37-29-26(22(3)4)21-36-39(29)31/h5,7-9,11,18,21-23,27,34H,1,6,10,12-17,19-20H2,2-4H3,(H2,33,35,37,38)/b9-7+,11-8-,24-18-/t23-,27+/m1/s1. The van der Waals surface area contributed by atoms with Crippen LogP contribution in [0.4, 0.5) is 16.3 Å². The molecule has 2 atom stereocenters. The van der Waals surface area contributed by atoms with Crippen molar-refractivity contribution in [3.8, 4) is 0 Å². The van der Waals surface area contributed by atoms with Gasteiger partial charge in [0, 0.05) is 44.7 Å². The molecule has 42 heavy (non-hydrogen) atoms. The van der Waals surface area contributed by atoms with E-state index in [0.717, 1.165) is 18.4 Å². The highest BCUT2D eigenvalue weighted by Gasteiger charge is 2.25. The summed E-state index contributed by atoms with van der Waals surface area (Å²) >= 11 is 0. The average Bonchev–Trinajstić information content (AvgIpc) is 3.43. The average molecular weight is 582 g/mol. The van der Waals surface area contributed by atoms with Gasteiger partial charge in [-0.2, -0.15) is 19.6 Å². The van der Waals surface area contributed by atoms with Crippen molar-refractivity contribution < 1.29 is 18.7 Å². The van der Waals surface area contributed by atoms with E-state index in [1.54, 1.807) is 35.0 Å². The van der Waals surface area contributed by atoms with Crippen LogP contribution in [-0.4, -0.2) is 70.0 Å². The third-order valence-corrected chi connectivity index (χ3v) is 7.06. The highest BCUT2D eigenvalue weighted by Crippen LogP contribution is 2.22. The Kier molecular flexibility index (Phi) is 13.5. The van der Waals surface area contributed by atoms with Crippen molar-refractivity contribution in [2.75, 3.05) is 43.5 Å². The van der Waals surface area contributed by atoms with Crippen molar-refractivity contribution in [2.24, 2.45) is 5.92 Å². The van der Waals surface area contributed by atoms with Crippen molar-refractivity contribution in [2.45, 2.75) is 64.8 Å². The van der Waals surface area contributed by atoms with Gasteiger partial charge in [-0.15, -0.1) is 0 Å². The molecule has 0 spiro atoms. The number of carbonyl (C=O) groups excluding carboxylic acids is 2. The van der Waals surface area contributed by atoms with Crippen molar-refractivity contribution >= 4 is 29.1 Å². The van der Waals surface area contributed by atoms with Gasteiger partial charge in [-0.05, 0) is 56.2 Å². The molecule has 3 rings (SSSR count). The summed E-state index contributed by atoms with van der Waals surface area (Å²) in [4.78, 5) is 33.3. The molecular formula is C31H44FN7O3. The molecule has 2 aromatic heterocycles. The smallest absolute Gasteiger partial charge is 0.229 e. The Morgan fingerprint density at radius 1 is 1.26 bits per heavy atom. The lowest BCUT2D eigenvalue weighted by molar-refractivity contribution is -0.121. The van der Waals surface area contributed by atoms with Gasteiger partial charge in [0.2, 0.25) is 11.9 Å². The van der Waals surface area contributed by atoms with Crippen LogP contribution in [0.1, 0.15) is 64.4 Å². The Labute approximate surface area is 247 Å². The zero-order valence-corrected chi connectivity index (χ0v) is 24.9. The molecule has 0 radical (unpaired) electrons. The van der Waals surface area contributed by atoms with E-state index in [2.05, 4.69) is 51.4 Å². The van der Waals surface area contributed by atoms with Gasteiger partial charge in [0.1, 0.15) is 0 Å². The molecule has 228 valence electrons. The third kappa shape index (κ3) is 9.99. The van der Waals surface area contributed by atoms with Gasteiger partial charge in [-0.25, -0.2) is 4.39 Å². The number of hydrogen-bond donors (Lipinski definition) is 3. The molecule has 10 nitrogen and oxygen atoms in total. The van der Waals surface area contributed by atoms with Crippen molar-refractivity contribution in [1.29, 1.82) is 0 Å². The number of rotatable bonds is 18. The van der Waals surface area contributed by atoms with Crippen LogP contribution in [0, 0.1) is 5.92 Å². The molecule has 0 amide bonds. The molecule has 0 saturated carbocycles. The van der Waals surface area contributed by atoms with Gasteiger partial charge in [-0.1, -0.05) is 44.7 Å². The summed E-state index contributed by atoms with van der Waals surface area (Å²) in [7, 11) is 0. The van der Waals surface area contributed by atoms with E-state index in [0.29, 0.717) is 68.6 Å². The molecule has 1 aliphatic heterocycles. The number of Topliss-reactive ketones (excluding diaryl/α,β-unsaturated/α-hetero) is 1. The first-order chi connectivity index (χ1) is 20.4. The Balaban J connectivity index is 1.53. The Hall–Kier alpha value is -3.70. The molecular weight excluding hydrogens is 537 g/mol. The van der Waals surface area contributed by atoms with Crippen LogP contribution < -0.4 is 16.0 Å². The topological polar surface area (TPSA) is 123 Å². The fourth-order valence-electron chi connectivity index (χ4n) is 4.65. The largest absolute Gasteiger partial charge is 0.382 e. The third-order valence-electron chi connectivity index (χ3n) is 7.06. The maximum atomic E-state index is 13.7. The molecule has 0 bridgehead atoms. The molecule has 2 aromatic rings. The van der Waals surface area contributed by atoms with Crippen LogP contribution in [0.2, 0.25) is 0 Å². The molecule has 11 heteroatoms. The number of nitrogens with one attached hydrogen (secondary N) is 3. The van der Waals surface area contributed by atoms with Crippen LogP contribution in [-0.2, 0) is 14.3 Å². The molecule has 3 N–H and O–H groups in total. The number of ketones is 2. The summed E-state index contributed by atoms with van der Waals surface area (Å²) in [5.41, 5.74) is 2.08. The van der Waals surface area contributed by atoms with Crippen molar-refractivity contribution in [3.05, 3.63) is 60.6 Å². The van der Waals surface area contributed by atoms with Gasteiger partial charge in [0.15, 0.2) is 17.2 Å². The van der Waals surface area contributed by atoms with Crippen LogP contribution in [0.25, 0.3) is 5.65 Å². The zero-order chi connectivity index (χ0) is 30.3. The first-order valence-corrected chi connectivity index (χ1v) is 14.7. The van der Waals surface area contributed by atoms with Gasteiger partial charge >= 0.3 is 0 Å². The fraction of sp³-hybridized carbons (Fsp3) is 0.516. The summed E-state index contributed by atoms with van der Waals surface area (Å²) in [6.07, 6.45) is 13.6. The van der Waals surface area contributed by atoms with E-state index in [9.17, 15) is 14.0 Å². The van der Waals surface area contributed by atoms with Crippen LogP contribution in [0.3, 0.4) is 0 Å². The summed E-state index contributed by atoms with van der Waals surface area (Å²) in [5, 5.41) is 14.1. The number of nitrogens with zero attached hydrogens (tertiary/aromatic N) is 4. The minimum atomic E-state index is -0.202. The monoisotopic (exact) mass is 581 g/mol. The number of halogens is 1. The molecule has 1 fully saturated rings. The number of allylic oxidation sites excluding steroid dienone is 4. The van der Waals surface area contributed by atoms with Gasteiger partial charge in [0.25, 0.3) is 0 Å². The molecule has 1 aliphatic rings. The van der Waals surface area contributed by atoms with E-state index in [1.807, 2.05) is 6.92 Å². The predicted octanol–water partition coefficient (Wildman–Crippen LogP) is 4.94. The summed E-state index contributed by atoms with van der Waals surface area (Å²) in [6, 6.07) is -0.202.